The molecular weight excluding hydrogens is 384 g/mol. The fraction of sp³-hybridized carbons (Fsp3) is 0.478. The zero-order valence-corrected chi connectivity index (χ0v) is 18.1. The number of carboxylic acids is 1. The molecule has 0 amide bonds. The Morgan fingerprint density at radius 3 is 2.66 bits per heavy atom. The number of benzene rings is 1. The predicted octanol–water partition coefficient (Wildman–Crippen LogP) is 5.99. The Hall–Kier alpha value is -2.34. The summed E-state index contributed by atoms with van der Waals surface area (Å²) >= 11 is 1.42. The maximum absolute atomic E-state index is 10.9. The minimum Gasteiger partial charge on any atom is -0.493 e. The Morgan fingerprint density at radius 2 is 1.93 bits per heavy atom. The Labute approximate surface area is 176 Å². The lowest BCUT2D eigenvalue weighted by Crippen LogP contribution is -1.97. The fourth-order valence-corrected chi connectivity index (χ4v) is 4.48. The summed E-state index contributed by atoms with van der Waals surface area (Å²) in [5.74, 6) is 0.0199. The second kappa shape index (κ2) is 10.4. The van der Waals surface area contributed by atoms with E-state index in [1.54, 1.807) is 0 Å². The Bertz CT molecular complexity index is 913. The highest BCUT2D eigenvalue weighted by atomic mass is 32.1. The predicted molar refractivity (Wildman–Crippen MR) is 118 cm³/mol. The van der Waals surface area contributed by atoms with Gasteiger partial charge in [-0.2, -0.15) is 0 Å². The van der Waals surface area contributed by atoms with E-state index in [-0.39, 0.29) is 6.42 Å². The van der Waals surface area contributed by atoms with Crippen molar-refractivity contribution in [3.63, 3.8) is 0 Å². The van der Waals surface area contributed by atoms with Crippen LogP contribution < -0.4 is 4.74 Å². The van der Waals surface area contributed by atoms with Gasteiger partial charge in [0, 0.05) is 22.8 Å². The quantitative estimate of drug-likeness (QED) is 0.370. The number of fused-ring (bicyclic) bond motifs is 1. The Morgan fingerprint density at radius 1 is 1.14 bits per heavy atom. The lowest BCUT2D eigenvalue weighted by molar-refractivity contribution is -0.136. The number of aryl methyl sites for hydroxylation is 1. The molecule has 1 N–H and O–H groups in total. The van der Waals surface area contributed by atoms with Gasteiger partial charge in [-0.1, -0.05) is 45.1 Å². The number of thiazole rings is 1. The first-order valence-corrected chi connectivity index (χ1v) is 11.4. The minimum absolute atomic E-state index is 0.0291. The molecule has 5 nitrogen and oxygen atoms in total. The van der Waals surface area contributed by atoms with Gasteiger partial charge in [-0.05, 0) is 37.5 Å². The van der Waals surface area contributed by atoms with E-state index in [2.05, 4.69) is 25.1 Å². The third-order valence-corrected chi connectivity index (χ3v) is 5.96. The average Bonchev–Trinajstić information content (AvgIpc) is 3.23. The van der Waals surface area contributed by atoms with Gasteiger partial charge in [0.15, 0.2) is 4.96 Å². The molecule has 6 heteroatoms. The standard InChI is InChI=1S/C23H30N2O3S/c1-3-5-6-7-8-9-10-17-11-12-21(28-4-2)19(13-17)20-16-25-15-18(14-22(26)27)29-23(25)24-20/h11-13,15-16H,3-10,14H2,1-2H3,(H,26,27). The van der Waals surface area contributed by atoms with E-state index in [0.717, 1.165) is 33.3 Å². The topological polar surface area (TPSA) is 63.8 Å². The maximum Gasteiger partial charge on any atom is 0.308 e. The zero-order valence-electron chi connectivity index (χ0n) is 17.3. The number of aromatic nitrogens is 2. The van der Waals surface area contributed by atoms with Crippen LogP contribution in [0, 0.1) is 0 Å². The van der Waals surface area contributed by atoms with E-state index in [4.69, 9.17) is 14.8 Å². The number of rotatable bonds is 12. The Kier molecular flexibility index (Phi) is 7.69. The number of imidazole rings is 1. The monoisotopic (exact) mass is 414 g/mol. The molecular formula is C23H30N2O3S. The molecule has 156 valence electrons. The number of carboxylic acid groups (broad SMARTS) is 1. The summed E-state index contributed by atoms with van der Waals surface area (Å²) in [4.78, 5) is 17.3. The highest BCUT2D eigenvalue weighted by Crippen LogP contribution is 2.33. The van der Waals surface area contributed by atoms with Crippen LogP contribution in [0.2, 0.25) is 0 Å². The third kappa shape index (κ3) is 5.82. The van der Waals surface area contributed by atoms with Crippen LogP contribution >= 0.6 is 11.3 Å². The summed E-state index contributed by atoms with van der Waals surface area (Å²) in [5.41, 5.74) is 3.18. The molecule has 3 aromatic rings. The molecule has 1 aromatic carbocycles. The van der Waals surface area contributed by atoms with Gasteiger partial charge in [-0.3, -0.25) is 9.20 Å². The maximum atomic E-state index is 10.9. The average molecular weight is 415 g/mol. The highest BCUT2D eigenvalue weighted by Gasteiger charge is 2.14. The van der Waals surface area contributed by atoms with Crippen LogP contribution in [-0.4, -0.2) is 27.1 Å². The van der Waals surface area contributed by atoms with Gasteiger partial charge >= 0.3 is 5.97 Å². The number of hydrogen-bond acceptors (Lipinski definition) is 4. The lowest BCUT2D eigenvalue weighted by Gasteiger charge is -2.11. The summed E-state index contributed by atoms with van der Waals surface area (Å²) in [6.45, 7) is 4.83. The first kappa shape index (κ1) is 21.4. The number of carbonyl (C=O) groups is 1. The van der Waals surface area contributed by atoms with Crippen molar-refractivity contribution in [2.24, 2.45) is 0 Å². The summed E-state index contributed by atoms with van der Waals surface area (Å²) in [5, 5.41) is 8.98. The van der Waals surface area contributed by atoms with Crippen LogP contribution in [0.4, 0.5) is 0 Å². The number of nitrogens with zero attached hydrogens (tertiary/aromatic N) is 2. The zero-order chi connectivity index (χ0) is 20.6. The molecule has 0 fully saturated rings. The van der Waals surface area contributed by atoms with Crippen LogP contribution in [0.1, 0.15) is 62.8 Å². The van der Waals surface area contributed by atoms with Gasteiger partial charge in [0.25, 0.3) is 0 Å². The van der Waals surface area contributed by atoms with Crippen molar-refractivity contribution in [3.05, 3.63) is 41.0 Å². The van der Waals surface area contributed by atoms with E-state index in [9.17, 15) is 4.79 Å². The molecule has 0 atom stereocenters. The van der Waals surface area contributed by atoms with Crippen molar-refractivity contribution in [1.29, 1.82) is 0 Å². The lowest BCUT2D eigenvalue weighted by atomic mass is 10.0. The number of ether oxygens (including phenoxy) is 1. The van der Waals surface area contributed by atoms with Crippen molar-refractivity contribution < 1.29 is 14.6 Å². The van der Waals surface area contributed by atoms with Crippen LogP contribution in [0.3, 0.4) is 0 Å². The van der Waals surface area contributed by atoms with Crippen molar-refractivity contribution in [3.8, 4) is 17.0 Å². The van der Waals surface area contributed by atoms with Gasteiger partial charge < -0.3 is 9.84 Å². The number of hydrogen-bond donors (Lipinski definition) is 1. The summed E-state index contributed by atoms with van der Waals surface area (Å²) in [6.07, 6.45) is 12.6. The van der Waals surface area contributed by atoms with Crippen molar-refractivity contribution in [2.75, 3.05) is 6.61 Å². The first-order chi connectivity index (χ1) is 14.1. The fourth-order valence-electron chi connectivity index (χ4n) is 3.53. The molecule has 3 rings (SSSR count). The molecule has 0 saturated carbocycles. The van der Waals surface area contributed by atoms with Crippen molar-refractivity contribution in [1.82, 2.24) is 9.38 Å². The SMILES string of the molecule is CCCCCCCCc1ccc(OCC)c(-c2cn3cc(CC(=O)O)sc3n2)c1. The van der Waals surface area contributed by atoms with Gasteiger partial charge in [0.05, 0.1) is 18.7 Å². The molecule has 0 aliphatic carbocycles. The van der Waals surface area contributed by atoms with Gasteiger partial charge in [0.1, 0.15) is 5.75 Å². The van der Waals surface area contributed by atoms with Crippen LogP contribution in [0.25, 0.3) is 16.2 Å². The van der Waals surface area contributed by atoms with E-state index in [1.807, 2.05) is 23.7 Å². The van der Waals surface area contributed by atoms with Gasteiger partial charge in [-0.15, -0.1) is 11.3 Å². The highest BCUT2D eigenvalue weighted by molar-refractivity contribution is 7.17. The van der Waals surface area contributed by atoms with Crippen LogP contribution in [0.5, 0.6) is 5.75 Å². The summed E-state index contributed by atoms with van der Waals surface area (Å²) in [7, 11) is 0. The first-order valence-electron chi connectivity index (χ1n) is 10.6. The third-order valence-electron chi connectivity index (χ3n) is 4.97. The second-order valence-electron chi connectivity index (χ2n) is 7.37. The number of unbranched alkanes of at least 4 members (excludes halogenated alkanes) is 5. The molecule has 0 bridgehead atoms. The van der Waals surface area contributed by atoms with Gasteiger partial charge in [0.2, 0.25) is 0 Å². The van der Waals surface area contributed by atoms with Crippen LogP contribution in [0.15, 0.2) is 30.6 Å². The number of aliphatic carboxylic acids is 1. The minimum atomic E-state index is -0.823. The van der Waals surface area contributed by atoms with E-state index in [0.29, 0.717) is 6.61 Å². The normalized spacial score (nSPS) is 11.2. The van der Waals surface area contributed by atoms with Gasteiger partial charge in [-0.25, -0.2) is 4.98 Å². The van der Waals surface area contributed by atoms with E-state index in [1.165, 1.54) is 55.4 Å². The van der Waals surface area contributed by atoms with E-state index < -0.39 is 5.97 Å². The van der Waals surface area contributed by atoms with Crippen molar-refractivity contribution >= 4 is 22.3 Å². The second-order valence-corrected chi connectivity index (χ2v) is 8.46. The molecule has 0 aliphatic heterocycles. The summed E-state index contributed by atoms with van der Waals surface area (Å²) in [6, 6.07) is 6.40. The molecule has 0 saturated heterocycles. The van der Waals surface area contributed by atoms with Crippen LogP contribution in [-0.2, 0) is 17.6 Å². The molecule has 0 unspecified atom stereocenters. The summed E-state index contributed by atoms with van der Waals surface area (Å²) < 4.78 is 7.75. The molecule has 0 spiro atoms. The largest absolute Gasteiger partial charge is 0.493 e. The Balaban J connectivity index is 1.76. The molecule has 0 aliphatic rings. The molecule has 2 aromatic heterocycles. The van der Waals surface area contributed by atoms with E-state index >= 15 is 0 Å². The molecule has 2 heterocycles. The van der Waals surface area contributed by atoms with Crippen molar-refractivity contribution in [2.45, 2.75) is 65.2 Å². The molecule has 29 heavy (non-hydrogen) atoms. The molecule has 0 radical (unpaired) electrons. The smallest absolute Gasteiger partial charge is 0.308 e.